The van der Waals surface area contributed by atoms with Gasteiger partial charge in [-0.1, -0.05) is 6.07 Å². The van der Waals surface area contributed by atoms with Gasteiger partial charge in [-0.15, -0.1) is 11.3 Å². The van der Waals surface area contributed by atoms with Crippen molar-refractivity contribution in [3.63, 3.8) is 0 Å². The van der Waals surface area contributed by atoms with Crippen molar-refractivity contribution in [1.82, 2.24) is 4.98 Å². The van der Waals surface area contributed by atoms with Gasteiger partial charge in [0.15, 0.2) is 5.13 Å². The van der Waals surface area contributed by atoms with Crippen molar-refractivity contribution < 1.29 is 9.53 Å². The van der Waals surface area contributed by atoms with Crippen molar-refractivity contribution in [1.29, 1.82) is 0 Å². The highest BCUT2D eigenvalue weighted by Crippen LogP contribution is 2.28. The largest absolute Gasteiger partial charge is 0.465 e. The van der Waals surface area contributed by atoms with Crippen LogP contribution in [-0.4, -0.2) is 18.1 Å². The van der Waals surface area contributed by atoms with Crippen LogP contribution in [0.3, 0.4) is 0 Å². The number of nitrogens with one attached hydrogen (secondary N) is 1. The fourth-order valence-corrected chi connectivity index (χ4v) is 2.19. The third kappa shape index (κ3) is 2.43. The highest BCUT2D eigenvalue weighted by atomic mass is 32.1. The van der Waals surface area contributed by atoms with E-state index in [0.717, 1.165) is 10.8 Å². The molecule has 1 aromatic carbocycles. The summed E-state index contributed by atoms with van der Waals surface area (Å²) in [5.74, 6) is -0.452. The first-order valence-electron chi connectivity index (χ1n) is 5.27. The van der Waals surface area contributed by atoms with Crippen molar-refractivity contribution in [3.8, 4) is 0 Å². The zero-order chi connectivity index (χ0) is 13.1. The molecule has 0 saturated heterocycles. The Bertz CT molecular complexity index is 580. The summed E-state index contributed by atoms with van der Waals surface area (Å²) in [6.07, 6.45) is 0. The number of ether oxygens (including phenoxy) is 1. The molecule has 2 rings (SSSR count). The number of carbonyl (C=O) groups is 1. The average Bonchev–Trinajstić information content (AvgIpc) is 2.76. The minimum atomic E-state index is -0.452. The van der Waals surface area contributed by atoms with Crippen molar-refractivity contribution in [2.24, 2.45) is 0 Å². The number of methoxy groups -OCH3 is 1. The van der Waals surface area contributed by atoms with Gasteiger partial charge in [-0.25, -0.2) is 9.78 Å². The standard InChI is InChI=1S/C12H13N3O2S/c1-7-6-18-12(14-7)15-9-5-3-4-8(10(9)13)11(16)17-2/h3-6H,13H2,1-2H3,(H,14,15). The van der Waals surface area contributed by atoms with E-state index in [1.165, 1.54) is 18.4 Å². The first-order chi connectivity index (χ1) is 8.61. The summed E-state index contributed by atoms with van der Waals surface area (Å²) in [6, 6.07) is 5.16. The summed E-state index contributed by atoms with van der Waals surface area (Å²) in [5.41, 5.74) is 8.21. The fourth-order valence-electron chi connectivity index (χ4n) is 1.49. The summed E-state index contributed by atoms with van der Waals surface area (Å²) in [4.78, 5) is 15.8. The number of para-hydroxylation sites is 1. The number of hydrogen-bond acceptors (Lipinski definition) is 6. The van der Waals surface area contributed by atoms with E-state index in [4.69, 9.17) is 5.73 Å². The number of thiazole rings is 1. The van der Waals surface area contributed by atoms with Gasteiger partial charge < -0.3 is 15.8 Å². The van der Waals surface area contributed by atoms with Crippen LogP contribution in [0.5, 0.6) is 0 Å². The minimum absolute atomic E-state index is 0.343. The van der Waals surface area contributed by atoms with E-state index >= 15 is 0 Å². The zero-order valence-corrected chi connectivity index (χ0v) is 10.9. The van der Waals surface area contributed by atoms with Gasteiger partial charge in [0.25, 0.3) is 0 Å². The molecule has 6 heteroatoms. The summed E-state index contributed by atoms with van der Waals surface area (Å²) >= 11 is 1.48. The number of nitrogens with zero attached hydrogens (tertiary/aromatic N) is 1. The smallest absolute Gasteiger partial charge is 0.340 e. The van der Waals surface area contributed by atoms with Crippen molar-refractivity contribution >= 4 is 33.8 Å². The van der Waals surface area contributed by atoms with Gasteiger partial charge in [0.1, 0.15) is 0 Å². The lowest BCUT2D eigenvalue weighted by Crippen LogP contribution is -2.07. The van der Waals surface area contributed by atoms with Crippen LogP contribution in [0.4, 0.5) is 16.5 Å². The number of benzene rings is 1. The second-order valence-electron chi connectivity index (χ2n) is 3.68. The number of aryl methyl sites for hydroxylation is 1. The Morgan fingerprint density at radius 2 is 2.28 bits per heavy atom. The van der Waals surface area contributed by atoms with Crippen LogP contribution in [0.15, 0.2) is 23.6 Å². The maximum absolute atomic E-state index is 11.5. The Labute approximate surface area is 109 Å². The number of nitrogens with two attached hydrogens (primary N) is 1. The molecule has 0 saturated carbocycles. The van der Waals surface area contributed by atoms with Crippen molar-refractivity contribution in [2.75, 3.05) is 18.2 Å². The molecule has 0 aliphatic rings. The molecular formula is C12H13N3O2S. The van der Waals surface area contributed by atoms with E-state index in [1.54, 1.807) is 18.2 Å². The number of esters is 1. The lowest BCUT2D eigenvalue weighted by atomic mass is 10.1. The number of hydrogen-bond donors (Lipinski definition) is 2. The Kier molecular flexibility index (Phi) is 3.47. The number of carbonyl (C=O) groups excluding carboxylic acids is 1. The second kappa shape index (κ2) is 5.05. The molecule has 0 aliphatic heterocycles. The molecule has 0 atom stereocenters. The molecule has 0 radical (unpaired) electrons. The topological polar surface area (TPSA) is 77.2 Å². The molecule has 0 fully saturated rings. The van der Waals surface area contributed by atoms with Crippen LogP contribution in [0, 0.1) is 6.92 Å². The lowest BCUT2D eigenvalue weighted by molar-refractivity contribution is 0.0602. The molecule has 0 bridgehead atoms. The molecule has 94 valence electrons. The Morgan fingerprint density at radius 1 is 1.50 bits per heavy atom. The maximum Gasteiger partial charge on any atom is 0.340 e. The van der Waals surface area contributed by atoms with Crippen LogP contribution in [0.25, 0.3) is 0 Å². The van der Waals surface area contributed by atoms with Gasteiger partial charge in [-0.05, 0) is 19.1 Å². The second-order valence-corrected chi connectivity index (χ2v) is 4.54. The molecule has 0 amide bonds. The highest BCUT2D eigenvalue weighted by Gasteiger charge is 2.13. The zero-order valence-electron chi connectivity index (χ0n) is 10.1. The van der Waals surface area contributed by atoms with Crippen LogP contribution in [0.2, 0.25) is 0 Å². The van der Waals surface area contributed by atoms with Crippen LogP contribution in [-0.2, 0) is 4.74 Å². The summed E-state index contributed by atoms with van der Waals surface area (Å²) in [7, 11) is 1.33. The van der Waals surface area contributed by atoms with Crippen LogP contribution >= 0.6 is 11.3 Å². The Morgan fingerprint density at radius 3 is 2.89 bits per heavy atom. The maximum atomic E-state index is 11.5. The predicted molar refractivity (Wildman–Crippen MR) is 72.3 cm³/mol. The third-order valence-electron chi connectivity index (χ3n) is 2.37. The molecule has 18 heavy (non-hydrogen) atoms. The van der Waals surface area contributed by atoms with Gasteiger partial charge >= 0.3 is 5.97 Å². The van der Waals surface area contributed by atoms with Gasteiger partial charge in [0.05, 0.1) is 29.7 Å². The lowest BCUT2D eigenvalue weighted by Gasteiger charge is -2.09. The molecule has 2 aromatic rings. The molecule has 0 unspecified atom stereocenters. The fraction of sp³-hybridized carbons (Fsp3) is 0.167. The molecular weight excluding hydrogens is 250 g/mol. The summed E-state index contributed by atoms with van der Waals surface area (Å²) in [6.45, 7) is 1.91. The number of anilines is 3. The van der Waals surface area contributed by atoms with Crippen LogP contribution in [0.1, 0.15) is 16.1 Å². The summed E-state index contributed by atoms with van der Waals surface area (Å²) < 4.78 is 4.67. The van der Waals surface area contributed by atoms with Gasteiger partial charge in [-0.2, -0.15) is 0 Å². The van der Waals surface area contributed by atoms with Gasteiger partial charge in [0.2, 0.25) is 0 Å². The molecule has 1 heterocycles. The predicted octanol–water partition coefficient (Wildman–Crippen LogP) is 2.56. The molecule has 0 aliphatic carbocycles. The molecule has 3 N–H and O–H groups in total. The van der Waals surface area contributed by atoms with Gasteiger partial charge in [0, 0.05) is 5.38 Å². The van der Waals surface area contributed by atoms with Gasteiger partial charge in [-0.3, -0.25) is 0 Å². The van der Waals surface area contributed by atoms with Crippen molar-refractivity contribution in [3.05, 3.63) is 34.8 Å². The number of aromatic nitrogens is 1. The van der Waals surface area contributed by atoms with E-state index < -0.39 is 5.97 Å². The SMILES string of the molecule is COC(=O)c1cccc(Nc2nc(C)cs2)c1N. The molecule has 0 spiro atoms. The molecule has 5 nitrogen and oxygen atoms in total. The van der Waals surface area contributed by atoms with Crippen molar-refractivity contribution in [2.45, 2.75) is 6.92 Å². The minimum Gasteiger partial charge on any atom is -0.465 e. The van der Waals surface area contributed by atoms with E-state index in [2.05, 4.69) is 15.0 Å². The first kappa shape index (κ1) is 12.4. The van der Waals surface area contributed by atoms with E-state index in [-0.39, 0.29) is 0 Å². The number of rotatable bonds is 3. The highest BCUT2D eigenvalue weighted by molar-refractivity contribution is 7.13. The Balaban J connectivity index is 2.31. The first-order valence-corrected chi connectivity index (χ1v) is 6.15. The van der Waals surface area contributed by atoms with E-state index in [0.29, 0.717) is 16.9 Å². The average molecular weight is 263 g/mol. The van der Waals surface area contributed by atoms with E-state index in [1.807, 2.05) is 12.3 Å². The Hall–Kier alpha value is -2.08. The normalized spacial score (nSPS) is 10.1. The monoisotopic (exact) mass is 263 g/mol. The van der Waals surface area contributed by atoms with Crippen LogP contribution < -0.4 is 11.1 Å². The van der Waals surface area contributed by atoms with E-state index in [9.17, 15) is 4.79 Å². The number of nitrogen functional groups attached to an aromatic ring is 1. The third-order valence-corrected chi connectivity index (χ3v) is 3.25. The summed E-state index contributed by atoms with van der Waals surface area (Å²) in [5, 5.41) is 5.76. The molecule has 1 aromatic heterocycles. The quantitative estimate of drug-likeness (QED) is 0.657.